The minimum Gasteiger partial charge on any atom is -0.196 e. The number of alkyl halides is 2. The second-order valence-corrected chi connectivity index (χ2v) is 5.10. The van der Waals surface area contributed by atoms with Crippen LogP contribution in [0.15, 0.2) is 48.5 Å². The number of benzene rings is 2. The standard InChI is InChI=1S/C16H10Cl2N2/c17-15(9-19)13-5-1-11(2-6-13)12-3-7-14(8-4-12)16(18)10-20/h1-8,15-16H. The quantitative estimate of drug-likeness (QED) is 0.752. The fraction of sp³-hybridized carbons (Fsp3) is 0.125. The van der Waals surface area contributed by atoms with Crippen LogP contribution in [-0.4, -0.2) is 0 Å². The average Bonchev–Trinajstić information content (AvgIpc) is 2.53. The molecule has 0 saturated heterocycles. The molecular formula is C16H10Cl2N2. The van der Waals surface area contributed by atoms with Crippen LogP contribution in [0.5, 0.6) is 0 Å². The van der Waals surface area contributed by atoms with Crippen LogP contribution < -0.4 is 0 Å². The molecule has 0 bridgehead atoms. The molecule has 2 rings (SSSR count). The van der Waals surface area contributed by atoms with E-state index in [4.69, 9.17) is 33.7 Å². The summed E-state index contributed by atoms with van der Waals surface area (Å²) >= 11 is 11.7. The Morgan fingerprint density at radius 3 is 1.20 bits per heavy atom. The molecule has 0 amide bonds. The summed E-state index contributed by atoms with van der Waals surface area (Å²) in [6.07, 6.45) is 0. The molecule has 0 saturated carbocycles. The highest BCUT2D eigenvalue weighted by Crippen LogP contribution is 2.26. The SMILES string of the molecule is N#CC(Cl)c1ccc(-c2ccc(C(Cl)C#N)cc2)cc1. The van der Waals surface area contributed by atoms with E-state index in [1.165, 1.54) is 0 Å². The molecule has 2 aromatic carbocycles. The highest BCUT2D eigenvalue weighted by atomic mass is 35.5. The van der Waals surface area contributed by atoms with Crippen LogP contribution in [0, 0.1) is 22.7 Å². The van der Waals surface area contributed by atoms with Crippen molar-refractivity contribution in [3.05, 3.63) is 59.7 Å². The summed E-state index contributed by atoms with van der Waals surface area (Å²) in [7, 11) is 0. The van der Waals surface area contributed by atoms with Crippen LogP contribution in [-0.2, 0) is 0 Å². The maximum atomic E-state index is 8.76. The molecule has 0 fully saturated rings. The summed E-state index contributed by atoms with van der Waals surface area (Å²) in [5.74, 6) is 0. The van der Waals surface area contributed by atoms with Crippen molar-refractivity contribution in [3.63, 3.8) is 0 Å². The van der Waals surface area contributed by atoms with Gasteiger partial charge in [0.25, 0.3) is 0 Å². The Morgan fingerprint density at radius 2 is 0.950 bits per heavy atom. The lowest BCUT2D eigenvalue weighted by molar-refractivity contribution is 1.21. The van der Waals surface area contributed by atoms with Gasteiger partial charge in [-0.25, -0.2) is 0 Å². The van der Waals surface area contributed by atoms with Crippen molar-refractivity contribution in [2.45, 2.75) is 10.8 Å². The molecule has 2 aromatic rings. The van der Waals surface area contributed by atoms with Gasteiger partial charge in [-0.3, -0.25) is 0 Å². The Morgan fingerprint density at radius 1 is 0.650 bits per heavy atom. The van der Waals surface area contributed by atoms with E-state index < -0.39 is 10.8 Å². The minimum absolute atomic E-state index is 0.626. The van der Waals surface area contributed by atoms with E-state index in [-0.39, 0.29) is 0 Å². The first-order valence-electron chi connectivity index (χ1n) is 5.93. The smallest absolute Gasteiger partial charge is 0.145 e. The van der Waals surface area contributed by atoms with Gasteiger partial charge in [0, 0.05) is 0 Å². The van der Waals surface area contributed by atoms with Gasteiger partial charge in [-0.15, -0.1) is 23.2 Å². The summed E-state index contributed by atoms with van der Waals surface area (Å²) in [4.78, 5) is 0. The van der Waals surface area contributed by atoms with Crippen molar-refractivity contribution in [3.8, 4) is 23.3 Å². The summed E-state index contributed by atoms with van der Waals surface area (Å²) in [6.45, 7) is 0. The molecule has 0 aliphatic rings. The van der Waals surface area contributed by atoms with Crippen LogP contribution in [0.25, 0.3) is 11.1 Å². The topological polar surface area (TPSA) is 47.6 Å². The second kappa shape index (κ2) is 6.44. The van der Waals surface area contributed by atoms with E-state index in [1.54, 1.807) is 0 Å². The second-order valence-electron chi connectivity index (χ2n) is 4.23. The van der Waals surface area contributed by atoms with Gasteiger partial charge in [-0.1, -0.05) is 48.5 Å². The summed E-state index contributed by atoms with van der Waals surface area (Å²) in [6, 6.07) is 19.0. The molecule has 4 heteroatoms. The zero-order valence-electron chi connectivity index (χ0n) is 10.4. The maximum Gasteiger partial charge on any atom is 0.145 e. The van der Waals surface area contributed by atoms with E-state index in [9.17, 15) is 0 Å². The van der Waals surface area contributed by atoms with Gasteiger partial charge >= 0.3 is 0 Å². The zero-order valence-corrected chi connectivity index (χ0v) is 11.9. The van der Waals surface area contributed by atoms with Gasteiger partial charge in [0.15, 0.2) is 0 Å². The van der Waals surface area contributed by atoms with Crippen molar-refractivity contribution < 1.29 is 0 Å². The van der Waals surface area contributed by atoms with Gasteiger partial charge in [-0.2, -0.15) is 10.5 Å². The lowest BCUT2D eigenvalue weighted by Crippen LogP contribution is -1.88. The van der Waals surface area contributed by atoms with Gasteiger partial charge < -0.3 is 0 Å². The molecule has 0 aliphatic heterocycles. The molecule has 2 nitrogen and oxygen atoms in total. The first-order valence-corrected chi connectivity index (χ1v) is 6.80. The van der Waals surface area contributed by atoms with Crippen molar-refractivity contribution >= 4 is 23.2 Å². The molecule has 0 N–H and O–H groups in total. The van der Waals surface area contributed by atoms with Gasteiger partial charge in [0.05, 0.1) is 12.1 Å². The first-order chi connectivity index (χ1) is 9.65. The number of hydrogen-bond donors (Lipinski definition) is 0. The van der Waals surface area contributed by atoms with Crippen LogP contribution in [0.1, 0.15) is 21.9 Å². The molecule has 0 radical (unpaired) electrons. The van der Waals surface area contributed by atoms with Crippen molar-refractivity contribution in [2.24, 2.45) is 0 Å². The summed E-state index contributed by atoms with van der Waals surface area (Å²) in [5, 5.41) is 16.3. The molecule has 0 aromatic heterocycles. The maximum absolute atomic E-state index is 8.76. The molecule has 0 heterocycles. The van der Waals surface area contributed by atoms with Crippen LogP contribution in [0.3, 0.4) is 0 Å². The average molecular weight is 301 g/mol. The van der Waals surface area contributed by atoms with E-state index in [2.05, 4.69) is 0 Å². The number of rotatable bonds is 3. The summed E-state index contributed by atoms with van der Waals surface area (Å²) in [5.41, 5.74) is 3.59. The number of halogens is 2. The largest absolute Gasteiger partial charge is 0.196 e. The Kier molecular flexibility index (Phi) is 4.64. The van der Waals surface area contributed by atoms with E-state index in [1.807, 2.05) is 60.7 Å². The minimum atomic E-state index is -0.626. The van der Waals surface area contributed by atoms with E-state index >= 15 is 0 Å². The third-order valence-electron chi connectivity index (χ3n) is 2.97. The normalized spacial score (nSPS) is 13.0. The van der Waals surface area contributed by atoms with Gasteiger partial charge in [-0.05, 0) is 22.3 Å². The molecular weight excluding hydrogens is 291 g/mol. The predicted octanol–water partition coefficient (Wildman–Crippen LogP) is 4.96. The van der Waals surface area contributed by atoms with Gasteiger partial charge in [0.1, 0.15) is 10.8 Å². The van der Waals surface area contributed by atoms with E-state index in [0.717, 1.165) is 22.3 Å². The zero-order chi connectivity index (χ0) is 14.5. The van der Waals surface area contributed by atoms with Crippen LogP contribution in [0.2, 0.25) is 0 Å². The summed E-state index contributed by atoms with van der Waals surface area (Å²) < 4.78 is 0. The fourth-order valence-electron chi connectivity index (χ4n) is 1.84. The molecule has 98 valence electrons. The van der Waals surface area contributed by atoms with Crippen LogP contribution >= 0.6 is 23.2 Å². The fourth-order valence-corrected chi connectivity index (χ4v) is 2.13. The number of nitriles is 2. The lowest BCUT2D eigenvalue weighted by Gasteiger charge is -2.06. The molecule has 0 aliphatic carbocycles. The number of hydrogen-bond acceptors (Lipinski definition) is 2. The van der Waals surface area contributed by atoms with Crippen LogP contribution in [0.4, 0.5) is 0 Å². The highest BCUT2D eigenvalue weighted by Gasteiger charge is 2.08. The van der Waals surface area contributed by atoms with Crippen molar-refractivity contribution in [2.75, 3.05) is 0 Å². The first kappa shape index (κ1) is 14.4. The van der Waals surface area contributed by atoms with Crippen molar-refractivity contribution in [1.29, 1.82) is 10.5 Å². The third-order valence-corrected chi connectivity index (χ3v) is 3.67. The molecule has 2 atom stereocenters. The van der Waals surface area contributed by atoms with E-state index in [0.29, 0.717) is 0 Å². The highest BCUT2D eigenvalue weighted by molar-refractivity contribution is 6.22. The molecule has 20 heavy (non-hydrogen) atoms. The Hall–Kier alpha value is -2.00. The van der Waals surface area contributed by atoms with Gasteiger partial charge in [0.2, 0.25) is 0 Å². The van der Waals surface area contributed by atoms with Crippen molar-refractivity contribution in [1.82, 2.24) is 0 Å². The Bertz CT molecular complexity index is 602. The number of nitrogens with zero attached hydrogens (tertiary/aromatic N) is 2. The lowest BCUT2D eigenvalue weighted by atomic mass is 10.0. The molecule has 2 unspecified atom stereocenters. The third kappa shape index (κ3) is 3.11. The Labute approximate surface area is 127 Å². The molecule has 0 spiro atoms. The monoisotopic (exact) mass is 300 g/mol. The Balaban J connectivity index is 2.25. The predicted molar refractivity (Wildman–Crippen MR) is 80.3 cm³/mol.